The van der Waals surface area contributed by atoms with E-state index in [0.29, 0.717) is 13.2 Å². The van der Waals surface area contributed by atoms with E-state index in [0.717, 1.165) is 21.6 Å². The van der Waals surface area contributed by atoms with Gasteiger partial charge in [-0.15, -0.1) is 0 Å². The first-order chi connectivity index (χ1) is 19.3. The maximum Gasteiger partial charge on any atom is 0.157 e. The molecule has 0 radical (unpaired) electrons. The van der Waals surface area contributed by atoms with Crippen molar-refractivity contribution in [3.05, 3.63) is 138 Å². The zero-order valence-electron chi connectivity index (χ0n) is 21.7. The molecule has 0 amide bonds. The summed E-state index contributed by atoms with van der Waals surface area (Å²) in [4.78, 5) is 1.01. The van der Waals surface area contributed by atoms with Gasteiger partial charge < -0.3 is 18.9 Å². The lowest BCUT2D eigenvalue weighted by molar-refractivity contribution is -0.224. The minimum atomic E-state index is -1.43. The number of ether oxygens (including phenoxy) is 4. The molecule has 1 aliphatic heterocycles. The van der Waals surface area contributed by atoms with Gasteiger partial charge in [-0.25, -0.2) is 4.39 Å². The van der Waals surface area contributed by atoms with Crippen molar-refractivity contribution < 1.29 is 23.3 Å². The van der Waals surface area contributed by atoms with E-state index in [4.69, 9.17) is 18.9 Å². The number of thioether (sulfide) groups is 1. The van der Waals surface area contributed by atoms with Crippen molar-refractivity contribution >= 4 is 11.8 Å². The van der Waals surface area contributed by atoms with Crippen LogP contribution in [0.2, 0.25) is 0 Å². The van der Waals surface area contributed by atoms with Crippen molar-refractivity contribution in [3.63, 3.8) is 0 Å². The lowest BCUT2D eigenvalue weighted by Gasteiger charge is -2.43. The molecule has 6 heteroatoms. The average molecular weight is 545 g/mol. The Morgan fingerprint density at radius 2 is 1.05 bits per heavy atom. The molecule has 202 valence electrons. The van der Waals surface area contributed by atoms with Gasteiger partial charge in [-0.05, 0) is 28.8 Å². The molecule has 5 atom stereocenters. The Balaban J connectivity index is 1.36. The molecule has 4 aromatic carbocycles. The molecule has 1 heterocycles. The van der Waals surface area contributed by atoms with Crippen LogP contribution in [-0.2, 0) is 38.8 Å². The van der Waals surface area contributed by atoms with Crippen molar-refractivity contribution in [2.24, 2.45) is 0 Å². The van der Waals surface area contributed by atoms with E-state index in [1.165, 1.54) is 11.8 Å². The van der Waals surface area contributed by atoms with Gasteiger partial charge in [0.2, 0.25) is 0 Å². The van der Waals surface area contributed by atoms with Crippen LogP contribution >= 0.6 is 11.8 Å². The summed E-state index contributed by atoms with van der Waals surface area (Å²) in [6.07, 6.45) is -3.71. The quantitative estimate of drug-likeness (QED) is 0.188. The summed E-state index contributed by atoms with van der Waals surface area (Å²) in [5.41, 5.74) is 2.52. The maximum absolute atomic E-state index is 16.2. The molecule has 1 aliphatic rings. The highest BCUT2D eigenvalue weighted by molar-refractivity contribution is 7.99. The molecule has 0 aromatic heterocycles. The monoisotopic (exact) mass is 544 g/mol. The fourth-order valence-corrected chi connectivity index (χ4v) is 5.64. The Hall–Kier alpha value is -3.00. The van der Waals surface area contributed by atoms with Gasteiger partial charge in [-0.1, -0.05) is 121 Å². The number of benzene rings is 4. The summed E-state index contributed by atoms with van der Waals surface area (Å²) in [5, 5.41) is 0. The van der Waals surface area contributed by atoms with Crippen LogP contribution in [0, 0.1) is 0 Å². The smallest absolute Gasteiger partial charge is 0.157 e. The topological polar surface area (TPSA) is 36.9 Å². The highest BCUT2D eigenvalue weighted by atomic mass is 32.2. The van der Waals surface area contributed by atoms with E-state index in [1.807, 2.05) is 121 Å². The second-order valence-corrected chi connectivity index (χ2v) is 10.6. The maximum atomic E-state index is 16.2. The number of hydrogen-bond donors (Lipinski definition) is 0. The SMILES string of the molecule is F[C@H]1C(COCc2ccccc2)O[C@@H](Sc2ccccc2)C(OCc2ccccc2)C1OCc1ccccc1. The Morgan fingerprint density at radius 3 is 1.59 bits per heavy atom. The predicted octanol–water partition coefficient (Wildman–Crippen LogP) is 7.23. The van der Waals surface area contributed by atoms with E-state index in [-0.39, 0.29) is 13.2 Å². The Morgan fingerprint density at radius 1 is 0.590 bits per heavy atom. The van der Waals surface area contributed by atoms with Crippen LogP contribution < -0.4 is 0 Å². The Bertz CT molecular complexity index is 1230. The lowest BCUT2D eigenvalue weighted by atomic mass is 10.0. The van der Waals surface area contributed by atoms with E-state index in [9.17, 15) is 0 Å². The largest absolute Gasteiger partial charge is 0.374 e. The van der Waals surface area contributed by atoms with Crippen molar-refractivity contribution in [1.82, 2.24) is 0 Å². The Kier molecular flexibility index (Phi) is 10.2. The van der Waals surface area contributed by atoms with Crippen molar-refractivity contribution in [1.29, 1.82) is 0 Å². The van der Waals surface area contributed by atoms with Crippen LogP contribution in [0.3, 0.4) is 0 Å². The van der Waals surface area contributed by atoms with Crippen molar-refractivity contribution in [3.8, 4) is 0 Å². The molecule has 3 unspecified atom stereocenters. The van der Waals surface area contributed by atoms with Crippen LogP contribution in [0.1, 0.15) is 16.7 Å². The number of alkyl halides is 1. The van der Waals surface area contributed by atoms with Gasteiger partial charge in [-0.2, -0.15) is 0 Å². The highest BCUT2D eigenvalue weighted by Gasteiger charge is 2.48. The van der Waals surface area contributed by atoms with Crippen molar-refractivity contribution in [2.45, 2.75) is 54.6 Å². The molecule has 1 saturated heterocycles. The molecule has 0 spiro atoms. The lowest BCUT2D eigenvalue weighted by Crippen LogP contribution is -2.57. The van der Waals surface area contributed by atoms with Gasteiger partial charge in [0.25, 0.3) is 0 Å². The van der Waals surface area contributed by atoms with Crippen LogP contribution in [0.15, 0.2) is 126 Å². The third-order valence-electron chi connectivity index (χ3n) is 6.53. The van der Waals surface area contributed by atoms with Gasteiger partial charge >= 0.3 is 0 Å². The van der Waals surface area contributed by atoms with E-state index in [1.54, 1.807) is 0 Å². The van der Waals surface area contributed by atoms with Gasteiger partial charge in [0.1, 0.15) is 23.7 Å². The van der Waals surface area contributed by atoms with Gasteiger partial charge in [0, 0.05) is 4.90 Å². The molecule has 0 aliphatic carbocycles. The summed E-state index contributed by atoms with van der Waals surface area (Å²) in [7, 11) is 0. The van der Waals surface area contributed by atoms with Crippen LogP contribution in [0.4, 0.5) is 4.39 Å². The third kappa shape index (κ3) is 8.01. The number of halogens is 1. The predicted molar refractivity (Wildman–Crippen MR) is 152 cm³/mol. The summed E-state index contributed by atoms with van der Waals surface area (Å²) >= 11 is 1.52. The summed E-state index contributed by atoms with van der Waals surface area (Å²) < 4.78 is 41.2. The molecule has 0 N–H and O–H groups in total. The molecule has 1 fully saturated rings. The number of hydrogen-bond acceptors (Lipinski definition) is 5. The van der Waals surface area contributed by atoms with Gasteiger partial charge in [0.15, 0.2) is 6.17 Å². The van der Waals surface area contributed by atoms with E-state index < -0.39 is 29.9 Å². The summed E-state index contributed by atoms with van der Waals surface area (Å²) in [6.45, 7) is 1.09. The molecule has 39 heavy (non-hydrogen) atoms. The average Bonchev–Trinajstić information content (AvgIpc) is 2.99. The molecular formula is C33H33FO4S. The Labute approximate surface area is 234 Å². The normalized spacial score (nSPS) is 22.9. The highest BCUT2D eigenvalue weighted by Crippen LogP contribution is 2.38. The first-order valence-corrected chi connectivity index (χ1v) is 14.1. The first-order valence-electron chi connectivity index (χ1n) is 13.2. The van der Waals surface area contributed by atoms with Crippen LogP contribution in [0.25, 0.3) is 0 Å². The van der Waals surface area contributed by atoms with Gasteiger partial charge in [0.05, 0.1) is 26.4 Å². The second-order valence-electron chi connectivity index (χ2n) is 9.44. The summed E-state index contributed by atoms with van der Waals surface area (Å²) in [6, 6.07) is 39.5. The van der Waals surface area contributed by atoms with Crippen LogP contribution in [0.5, 0.6) is 0 Å². The molecule has 0 bridgehead atoms. The fourth-order valence-electron chi connectivity index (χ4n) is 4.49. The standard InChI is InChI=1S/C33H33FO4S/c34-30-29(24-35-21-25-13-5-1-6-14-25)38-33(39-28-19-11-4-12-20-28)32(37-23-27-17-9-3-10-18-27)31(30)36-22-26-15-7-2-8-16-26/h1-20,29-33H,21-24H2/t29?,30-,31?,32?,33-/m0/s1. The second kappa shape index (κ2) is 14.4. The molecule has 4 nitrogen and oxygen atoms in total. The van der Waals surface area contributed by atoms with E-state index in [2.05, 4.69) is 0 Å². The fraction of sp³-hybridized carbons (Fsp3) is 0.273. The molecule has 4 aromatic rings. The molecular weight excluding hydrogens is 511 g/mol. The van der Waals surface area contributed by atoms with Crippen LogP contribution in [-0.4, -0.2) is 36.5 Å². The third-order valence-corrected chi connectivity index (χ3v) is 7.69. The zero-order valence-corrected chi connectivity index (χ0v) is 22.5. The van der Waals surface area contributed by atoms with E-state index >= 15 is 4.39 Å². The van der Waals surface area contributed by atoms with Gasteiger partial charge in [-0.3, -0.25) is 0 Å². The molecule has 5 rings (SSSR count). The molecule has 0 saturated carbocycles. The summed E-state index contributed by atoms with van der Waals surface area (Å²) in [5.74, 6) is 0. The minimum Gasteiger partial charge on any atom is -0.374 e. The number of rotatable bonds is 12. The minimum absolute atomic E-state index is 0.110. The first kappa shape index (κ1) is 27.6. The van der Waals surface area contributed by atoms with Crippen molar-refractivity contribution in [2.75, 3.05) is 6.61 Å². The zero-order chi connectivity index (χ0) is 26.7.